The Bertz CT molecular complexity index is 1630. The number of amides is 2. The summed E-state index contributed by atoms with van der Waals surface area (Å²) in [6, 6.07) is 16.4. The van der Waals surface area contributed by atoms with Crippen molar-refractivity contribution >= 4 is 33.5 Å². The van der Waals surface area contributed by atoms with Gasteiger partial charge in [0.05, 0.1) is 5.75 Å². The second-order valence-electron chi connectivity index (χ2n) is 12.1. The maximum Gasteiger partial charge on any atom is 0.322 e. The number of carbonyl (C=O) groups is 3. The van der Waals surface area contributed by atoms with Crippen LogP contribution < -0.4 is 15.4 Å². The van der Waals surface area contributed by atoms with Gasteiger partial charge in [-0.15, -0.1) is 0 Å². The summed E-state index contributed by atoms with van der Waals surface area (Å²) in [6.45, 7) is 4.24. The lowest BCUT2D eigenvalue weighted by atomic mass is 9.70. The first-order chi connectivity index (χ1) is 20.4. The standard InChI is InChI=1S/C32H36N4O6S/c1-31(2)25-12-13-32(31,28(37)17-25)20-43(41,42)36-27(29(38)39)15-21-8-10-23(11-9-21)24-6-3-7-26(16-24)35-30(40)34-19-22-5-4-14-33-18-22/h3-11,14,16,18,25,27,36H,12-13,15,17,19-20H2,1-2H3,(H,38,39)(H2,34,35,40)/t25?,27-,32?/m0/s1. The zero-order valence-electron chi connectivity index (χ0n) is 24.2. The minimum Gasteiger partial charge on any atom is -0.480 e. The molecule has 226 valence electrons. The van der Waals surface area contributed by atoms with Crippen LogP contribution in [0.2, 0.25) is 0 Å². The number of anilines is 1. The molecule has 10 nitrogen and oxygen atoms in total. The van der Waals surface area contributed by atoms with E-state index in [-0.39, 0.29) is 24.2 Å². The third kappa shape index (κ3) is 6.47. The molecule has 0 aliphatic heterocycles. The van der Waals surface area contributed by atoms with Crippen molar-refractivity contribution in [1.82, 2.24) is 15.0 Å². The number of ketones is 1. The van der Waals surface area contributed by atoms with Crippen LogP contribution in [0.25, 0.3) is 11.1 Å². The Labute approximate surface area is 251 Å². The molecule has 11 heteroatoms. The molecule has 4 N–H and O–H groups in total. The number of nitrogens with zero attached hydrogens (tertiary/aromatic N) is 1. The topological polar surface area (TPSA) is 155 Å². The molecule has 2 bridgehead atoms. The summed E-state index contributed by atoms with van der Waals surface area (Å²) < 4.78 is 28.8. The highest BCUT2D eigenvalue weighted by Crippen LogP contribution is 2.64. The number of benzene rings is 2. The highest BCUT2D eigenvalue weighted by molar-refractivity contribution is 7.89. The first-order valence-electron chi connectivity index (χ1n) is 14.3. The summed E-state index contributed by atoms with van der Waals surface area (Å²) in [4.78, 5) is 41.3. The van der Waals surface area contributed by atoms with Crippen LogP contribution in [0.1, 0.15) is 44.2 Å². The van der Waals surface area contributed by atoms with Gasteiger partial charge in [-0.05, 0) is 71.0 Å². The number of sulfonamides is 1. The lowest BCUT2D eigenvalue weighted by Gasteiger charge is -2.36. The molecule has 2 fully saturated rings. The molecule has 0 spiro atoms. The number of hydrogen-bond donors (Lipinski definition) is 4. The van der Waals surface area contributed by atoms with Crippen LogP contribution in [-0.2, 0) is 32.6 Å². The number of pyridine rings is 1. The minimum atomic E-state index is -4.06. The van der Waals surface area contributed by atoms with Crippen molar-refractivity contribution in [3.05, 3.63) is 84.2 Å². The molecular weight excluding hydrogens is 568 g/mol. The van der Waals surface area contributed by atoms with Gasteiger partial charge >= 0.3 is 12.0 Å². The number of Topliss-reactive ketones (excluding diaryl/α,β-unsaturated/α-hetero) is 1. The van der Waals surface area contributed by atoms with E-state index in [0.29, 0.717) is 30.6 Å². The molecule has 3 aromatic rings. The van der Waals surface area contributed by atoms with Gasteiger partial charge in [-0.3, -0.25) is 14.6 Å². The molecular formula is C32H36N4O6S. The zero-order valence-corrected chi connectivity index (χ0v) is 25.0. The van der Waals surface area contributed by atoms with E-state index >= 15 is 0 Å². The molecule has 2 aliphatic carbocycles. The second-order valence-corrected chi connectivity index (χ2v) is 13.8. The van der Waals surface area contributed by atoms with E-state index in [1.807, 2.05) is 50.2 Å². The molecule has 2 unspecified atom stereocenters. The maximum absolute atomic E-state index is 13.2. The van der Waals surface area contributed by atoms with Crippen molar-refractivity contribution in [2.75, 3.05) is 11.1 Å². The van der Waals surface area contributed by atoms with Gasteiger partial charge in [0.1, 0.15) is 11.8 Å². The van der Waals surface area contributed by atoms with E-state index in [2.05, 4.69) is 20.3 Å². The van der Waals surface area contributed by atoms with Crippen molar-refractivity contribution in [2.45, 2.75) is 52.1 Å². The first kappa shape index (κ1) is 30.4. The Kier molecular flexibility index (Phi) is 8.40. The minimum absolute atomic E-state index is 0.0359. The Morgan fingerprint density at radius 3 is 2.44 bits per heavy atom. The number of carboxylic acid groups (broad SMARTS) is 1. The Morgan fingerprint density at radius 2 is 1.81 bits per heavy atom. The fraction of sp³-hybridized carbons (Fsp3) is 0.375. The van der Waals surface area contributed by atoms with Gasteiger partial charge in [0, 0.05) is 36.5 Å². The van der Waals surface area contributed by atoms with Crippen LogP contribution in [0.4, 0.5) is 10.5 Å². The molecule has 2 amide bonds. The van der Waals surface area contributed by atoms with Crippen molar-refractivity contribution < 1.29 is 27.9 Å². The van der Waals surface area contributed by atoms with Crippen LogP contribution in [0, 0.1) is 16.7 Å². The summed E-state index contributed by atoms with van der Waals surface area (Å²) in [5, 5.41) is 15.4. The van der Waals surface area contributed by atoms with Crippen molar-refractivity contribution in [3.8, 4) is 11.1 Å². The summed E-state index contributed by atoms with van der Waals surface area (Å²) >= 11 is 0. The molecule has 5 rings (SSSR count). The number of aliphatic carboxylic acids is 1. The normalized spacial score (nSPS) is 21.3. The van der Waals surface area contributed by atoms with Gasteiger partial charge in [-0.25, -0.2) is 17.9 Å². The fourth-order valence-electron chi connectivity index (χ4n) is 6.58. The lowest BCUT2D eigenvalue weighted by molar-refractivity contribution is -0.138. The average molecular weight is 605 g/mol. The summed E-state index contributed by atoms with van der Waals surface area (Å²) in [5.41, 5.74) is 2.38. The summed E-state index contributed by atoms with van der Waals surface area (Å²) in [5.74, 6) is -1.55. The number of rotatable bonds is 11. The highest BCUT2D eigenvalue weighted by atomic mass is 32.2. The first-order valence-corrected chi connectivity index (χ1v) is 15.9. The molecule has 3 atom stereocenters. The molecule has 43 heavy (non-hydrogen) atoms. The Balaban J connectivity index is 1.21. The predicted molar refractivity (Wildman–Crippen MR) is 163 cm³/mol. The number of urea groups is 1. The quantitative estimate of drug-likeness (QED) is 0.253. The molecule has 0 radical (unpaired) electrons. The van der Waals surface area contributed by atoms with Gasteiger partial charge in [-0.2, -0.15) is 0 Å². The smallest absolute Gasteiger partial charge is 0.322 e. The summed E-state index contributed by atoms with van der Waals surface area (Å²) in [6.07, 6.45) is 4.99. The van der Waals surface area contributed by atoms with E-state index in [0.717, 1.165) is 23.1 Å². The second kappa shape index (κ2) is 11.9. The number of aromatic nitrogens is 1. The number of nitrogens with one attached hydrogen (secondary N) is 3. The van der Waals surface area contributed by atoms with E-state index in [9.17, 15) is 27.9 Å². The molecule has 0 saturated heterocycles. The average Bonchev–Trinajstić information content (AvgIpc) is 3.31. The van der Waals surface area contributed by atoms with Gasteiger partial charge in [-0.1, -0.05) is 56.3 Å². The van der Waals surface area contributed by atoms with Gasteiger partial charge in [0.25, 0.3) is 0 Å². The number of carbonyl (C=O) groups excluding carboxylic acids is 2. The Hall–Kier alpha value is -4.09. The molecule has 2 aliphatic rings. The monoisotopic (exact) mass is 604 g/mol. The van der Waals surface area contributed by atoms with Gasteiger partial charge in [0.15, 0.2) is 0 Å². The third-order valence-corrected chi connectivity index (χ3v) is 10.7. The van der Waals surface area contributed by atoms with Gasteiger partial charge in [0.2, 0.25) is 10.0 Å². The molecule has 2 saturated carbocycles. The van der Waals surface area contributed by atoms with E-state index < -0.39 is 38.6 Å². The summed E-state index contributed by atoms with van der Waals surface area (Å²) in [7, 11) is -4.06. The maximum atomic E-state index is 13.2. The lowest BCUT2D eigenvalue weighted by Crippen LogP contribution is -2.49. The van der Waals surface area contributed by atoms with E-state index in [4.69, 9.17) is 0 Å². The third-order valence-electron chi connectivity index (χ3n) is 9.22. The van der Waals surface area contributed by atoms with E-state index in [1.165, 1.54) is 0 Å². The Morgan fingerprint density at radius 1 is 1.05 bits per heavy atom. The van der Waals surface area contributed by atoms with Crippen LogP contribution in [0.5, 0.6) is 0 Å². The van der Waals surface area contributed by atoms with Crippen LogP contribution in [-0.4, -0.2) is 48.1 Å². The molecule has 1 heterocycles. The van der Waals surface area contributed by atoms with Crippen molar-refractivity contribution in [2.24, 2.45) is 16.7 Å². The molecule has 2 aromatic carbocycles. The largest absolute Gasteiger partial charge is 0.480 e. The molecule has 1 aromatic heterocycles. The highest BCUT2D eigenvalue weighted by Gasteiger charge is 2.65. The van der Waals surface area contributed by atoms with E-state index in [1.54, 1.807) is 36.7 Å². The van der Waals surface area contributed by atoms with Gasteiger partial charge < -0.3 is 15.7 Å². The number of hydrogen-bond acceptors (Lipinski definition) is 6. The van der Waals surface area contributed by atoms with Crippen molar-refractivity contribution in [3.63, 3.8) is 0 Å². The SMILES string of the molecule is CC1(C)C2CCC1(CS(=O)(=O)N[C@@H](Cc1ccc(-c3cccc(NC(=O)NCc4cccnc4)c3)cc1)C(=O)O)C(=O)C2. The van der Waals surface area contributed by atoms with Crippen LogP contribution >= 0.6 is 0 Å². The predicted octanol–water partition coefficient (Wildman–Crippen LogP) is 4.38. The fourth-order valence-corrected chi connectivity index (χ4v) is 8.60. The number of fused-ring (bicyclic) bond motifs is 2. The van der Waals surface area contributed by atoms with Crippen molar-refractivity contribution in [1.29, 1.82) is 0 Å². The number of carboxylic acids is 1. The van der Waals surface area contributed by atoms with Crippen LogP contribution in [0.3, 0.4) is 0 Å². The van der Waals surface area contributed by atoms with Crippen LogP contribution in [0.15, 0.2) is 73.1 Å². The zero-order chi connectivity index (χ0) is 30.8.